The summed E-state index contributed by atoms with van der Waals surface area (Å²) in [4.78, 5) is 26.4. The number of carbonyl (C=O) groups excluding carboxylic acids is 2. The highest BCUT2D eigenvalue weighted by Gasteiger charge is 2.34. The van der Waals surface area contributed by atoms with Gasteiger partial charge in [-0.25, -0.2) is 4.39 Å². The topological polar surface area (TPSA) is 67.9 Å². The van der Waals surface area contributed by atoms with E-state index in [4.69, 9.17) is 9.47 Å². The third-order valence-electron chi connectivity index (χ3n) is 4.81. The second kappa shape index (κ2) is 7.26. The van der Waals surface area contributed by atoms with E-state index in [9.17, 15) is 14.0 Å². The Labute approximate surface area is 155 Å². The predicted molar refractivity (Wildman–Crippen MR) is 96.0 cm³/mol. The van der Waals surface area contributed by atoms with Crippen LogP contribution < -0.4 is 14.8 Å². The molecular formula is C20H19FN2O4. The number of rotatable bonds is 5. The smallest absolute Gasteiger partial charge is 0.231 e. The molecule has 1 N–H and O–H groups in total. The number of benzene rings is 2. The molecule has 7 heteroatoms. The van der Waals surface area contributed by atoms with Crippen LogP contribution in [0.2, 0.25) is 0 Å². The van der Waals surface area contributed by atoms with E-state index in [-0.39, 0.29) is 30.8 Å². The summed E-state index contributed by atoms with van der Waals surface area (Å²) in [7, 11) is 0. The summed E-state index contributed by atoms with van der Waals surface area (Å²) in [5, 5.41) is 2.84. The first kappa shape index (κ1) is 17.3. The highest BCUT2D eigenvalue weighted by Crippen LogP contribution is 2.34. The molecule has 2 aromatic carbocycles. The standard InChI is InChI=1S/C20H19FN2O4/c21-15-3-1-13(2-4-15)7-8-23-11-14(9-19(23)24)20(25)22-16-5-6-17-18(10-16)27-12-26-17/h1-6,10,14H,7-9,11-12H2,(H,22,25). The minimum Gasteiger partial charge on any atom is -0.454 e. The van der Waals surface area contributed by atoms with Crippen molar-refractivity contribution < 1.29 is 23.5 Å². The number of nitrogens with zero attached hydrogens (tertiary/aromatic N) is 1. The Morgan fingerprint density at radius 3 is 2.74 bits per heavy atom. The Bertz CT molecular complexity index is 869. The Hall–Kier alpha value is -3.09. The number of carbonyl (C=O) groups is 2. The van der Waals surface area contributed by atoms with E-state index < -0.39 is 5.92 Å². The SMILES string of the molecule is O=C(Nc1ccc2c(c1)OCO2)C1CC(=O)N(CCc2ccc(F)cc2)C1. The number of likely N-dealkylation sites (tertiary alicyclic amines) is 1. The first-order valence-electron chi connectivity index (χ1n) is 8.81. The molecule has 2 aliphatic rings. The second-order valence-electron chi connectivity index (χ2n) is 6.67. The van der Waals surface area contributed by atoms with Gasteiger partial charge in [0.15, 0.2) is 11.5 Å². The highest BCUT2D eigenvalue weighted by atomic mass is 19.1. The summed E-state index contributed by atoms with van der Waals surface area (Å²) in [6, 6.07) is 11.4. The van der Waals surface area contributed by atoms with Gasteiger partial charge >= 0.3 is 0 Å². The monoisotopic (exact) mass is 370 g/mol. The predicted octanol–water partition coefficient (Wildman–Crippen LogP) is 2.58. The van der Waals surface area contributed by atoms with Gasteiger partial charge in [-0.2, -0.15) is 0 Å². The fourth-order valence-electron chi connectivity index (χ4n) is 3.30. The minimum absolute atomic E-state index is 0.0389. The number of hydrogen-bond donors (Lipinski definition) is 1. The quantitative estimate of drug-likeness (QED) is 0.879. The maximum Gasteiger partial charge on any atom is 0.231 e. The number of nitrogens with one attached hydrogen (secondary N) is 1. The van der Waals surface area contributed by atoms with E-state index in [1.54, 1.807) is 35.2 Å². The summed E-state index contributed by atoms with van der Waals surface area (Å²) < 4.78 is 23.5. The van der Waals surface area contributed by atoms with Gasteiger partial charge in [-0.05, 0) is 36.2 Å². The van der Waals surface area contributed by atoms with Gasteiger partial charge in [0.2, 0.25) is 18.6 Å². The van der Waals surface area contributed by atoms with E-state index in [1.807, 2.05) is 0 Å². The van der Waals surface area contributed by atoms with Crippen LogP contribution in [0.15, 0.2) is 42.5 Å². The Kier molecular flexibility index (Phi) is 4.66. The lowest BCUT2D eigenvalue weighted by molar-refractivity contribution is -0.128. The van der Waals surface area contributed by atoms with Crippen LogP contribution in [-0.4, -0.2) is 36.6 Å². The maximum atomic E-state index is 13.0. The molecule has 0 aromatic heterocycles. The molecule has 0 bridgehead atoms. The molecule has 27 heavy (non-hydrogen) atoms. The van der Waals surface area contributed by atoms with Gasteiger partial charge in [0.25, 0.3) is 0 Å². The zero-order valence-electron chi connectivity index (χ0n) is 14.6. The number of fused-ring (bicyclic) bond motifs is 1. The van der Waals surface area contributed by atoms with Crippen molar-refractivity contribution in [3.8, 4) is 11.5 Å². The third kappa shape index (κ3) is 3.86. The van der Waals surface area contributed by atoms with Gasteiger partial charge < -0.3 is 19.7 Å². The van der Waals surface area contributed by atoms with Gasteiger partial charge in [-0.1, -0.05) is 12.1 Å². The average Bonchev–Trinajstić information content (AvgIpc) is 3.27. The number of ether oxygens (including phenoxy) is 2. The molecule has 1 fully saturated rings. The van der Waals surface area contributed by atoms with E-state index >= 15 is 0 Å². The van der Waals surface area contributed by atoms with Gasteiger partial charge in [0.05, 0.1) is 5.92 Å². The van der Waals surface area contributed by atoms with Crippen LogP contribution in [0, 0.1) is 11.7 Å². The van der Waals surface area contributed by atoms with E-state index in [0.29, 0.717) is 36.7 Å². The van der Waals surface area contributed by atoms with Crippen molar-refractivity contribution in [2.75, 3.05) is 25.2 Å². The van der Waals surface area contributed by atoms with Crippen molar-refractivity contribution in [2.24, 2.45) is 5.92 Å². The van der Waals surface area contributed by atoms with E-state index in [1.165, 1.54) is 12.1 Å². The molecule has 2 aliphatic heterocycles. The normalized spacial score (nSPS) is 18.0. The molecule has 0 radical (unpaired) electrons. The molecule has 4 rings (SSSR count). The van der Waals surface area contributed by atoms with Crippen LogP contribution in [0.3, 0.4) is 0 Å². The summed E-state index contributed by atoms with van der Waals surface area (Å²) in [6.45, 7) is 1.07. The summed E-state index contributed by atoms with van der Waals surface area (Å²) in [5.74, 6) is 0.342. The van der Waals surface area contributed by atoms with Crippen LogP contribution >= 0.6 is 0 Å². The largest absolute Gasteiger partial charge is 0.454 e. The highest BCUT2D eigenvalue weighted by molar-refractivity contribution is 5.97. The molecule has 0 spiro atoms. The van der Waals surface area contributed by atoms with Crippen molar-refractivity contribution in [3.05, 3.63) is 53.8 Å². The van der Waals surface area contributed by atoms with Crippen molar-refractivity contribution in [1.82, 2.24) is 4.90 Å². The number of amides is 2. The Morgan fingerprint density at radius 2 is 1.93 bits per heavy atom. The van der Waals surface area contributed by atoms with Crippen LogP contribution in [0.4, 0.5) is 10.1 Å². The zero-order chi connectivity index (χ0) is 18.8. The van der Waals surface area contributed by atoms with Gasteiger partial charge in [0, 0.05) is 31.3 Å². The molecule has 1 atom stereocenters. The molecule has 0 aliphatic carbocycles. The third-order valence-corrected chi connectivity index (χ3v) is 4.81. The van der Waals surface area contributed by atoms with Gasteiger partial charge in [-0.15, -0.1) is 0 Å². The second-order valence-corrected chi connectivity index (χ2v) is 6.67. The summed E-state index contributed by atoms with van der Waals surface area (Å²) in [5.41, 5.74) is 1.57. The molecule has 6 nitrogen and oxygen atoms in total. The average molecular weight is 370 g/mol. The van der Waals surface area contributed by atoms with Crippen molar-refractivity contribution in [2.45, 2.75) is 12.8 Å². The zero-order valence-corrected chi connectivity index (χ0v) is 14.6. The molecular weight excluding hydrogens is 351 g/mol. The number of anilines is 1. The lowest BCUT2D eigenvalue weighted by Crippen LogP contribution is -2.30. The van der Waals surface area contributed by atoms with Crippen LogP contribution in [0.5, 0.6) is 11.5 Å². The van der Waals surface area contributed by atoms with Crippen molar-refractivity contribution >= 4 is 17.5 Å². The molecule has 2 heterocycles. The van der Waals surface area contributed by atoms with Crippen LogP contribution in [0.1, 0.15) is 12.0 Å². The summed E-state index contributed by atoms with van der Waals surface area (Å²) in [6.07, 6.45) is 0.822. The van der Waals surface area contributed by atoms with Gasteiger partial charge in [0.1, 0.15) is 5.82 Å². The Morgan fingerprint density at radius 1 is 1.15 bits per heavy atom. The lowest BCUT2D eigenvalue weighted by atomic mass is 10.1. The molecule has 1 unspecified atom stereocenters. The van der Waals surface area contributed by atoms with Crippen LogP contribution in [0.25, 0.3) is 0 Å². The first-order chi connectivity index (χ1) is 13.1. The van der Waals surface area contributed by atoms with Crippen molar-refractivity contribution in [3.63, 3.8) is 0 Å². The number of hydrogen-bond acceptors (Lipinski definition) is 4. The first-order valence-corrected chi connectivity index (χ1v) is 8.81. The van der Waals surface area contributed by atoms with Gasteiger partial charge in [-0.3, -0.25) is 9.59 Å². The minimum atomic E-state index is -0.392. The van der Waals surface area contributed by atoms with Crippen molar-refractivity contribution in [1.29, 1.82) is 0 Å². The summed E-state index contributed by atoms with van der Waals surface area (Å²) >= 11 is 0. The molecule has 0 saturated carbocycles. The lowest BCUT2D eigenvalue weighted by Gasteiger charge is -2.16. The fraction of sp³-hybridized carbons (Fsp3) is 0.300. The maximum absolute atomic E-state index is 13.0. The fourth-order valence-corrected chi connectivity index (χ4v) is 3.30. The molecule has 140 valence electrons. The number of halogens is 1. The Balaban J connectivity index is 1.32. The molecule has 1 saturated heterocycles. The molecule has 2 aromatic rings. The van der Waals surface area contributed by atoms with Crippen LogP contribution in [-0.2, 0) is 16.0 Å². The van der Waals surface area contributed by atoms with E-state index in [0.717, 1.165) is 5.56 Å². The van der Waals surface area contributed by atoms with E-state index in [2.05, 4.69) is 5.32 Å². The molecule has 2 amide bonds.